The third-order valence-electron chi connectivity index (χ3n) is 5.32. The van der Waals surface area contributed by atoms with Crippen molar-refractivity contribution in [2.75, 3.05) is 6.61 Å². The summed E-state index contributed by atoms with van der Waals surface area (Å²) >= 11 is 0. The molecule has 0 aliphatic heterocycles. The van der Waals surface area contributed by atoms with Crippen LogP contribution in [0.1, 0.15) is 26.3 Å². The number of hydrogen-bond donors (Lipinski definition) is 1. The Bertz CT molecular complexity index is 1230. The minimum absolute atomic E-state index is 0.125. The molecule has 0 saturated heterocycles. The van der Waals surface area contributed by atoms with Crippen LogP contribution in [-0.2, 0) is 29.5 Å². The first-order chi connectivity index (χ1) is 15.1. The van der Waals surface area contributed by atoms with E-state index in [1.54, 1.807) is 50.4 Å². The van der Waals surface area contributed by atoms with E-state index in [1.807, 2.05) is 26.0 Å². The Morgan fingerprint density at radius 3 is 2.38 bits per heavy atom. The number of primary amides is 1. The molecule has 0 bridgehead atoms. The fraction of sp³-hybridized carbons (Fsp3) is 0.375. The van der Waals surface area contributed by atoms with Gasteiger partial charge >= 0.3 is 5.69 Å². The molecule has 1 aromatic heterocycles. The fourth-order valence-electron chi connectivity index (χ4n) is 3.72. The second kappa shape index (κ2) is 9.40. The van der Waals surface area contributed by atoms with Crippen LogP contribution in [0.2, 0.25) is 0 Å². The van der Waals surface area contributed by atoms with Gasteiger partial charge in [0, 0.05) is 13.5 Å². The molecule has 1 amide bonds. The monoisotopic (exact) mass is 439 g/mol. The van der Waals surface area contributed by atoms with Gasteiger partial charge in [-0.05, 0) is 50.6 Å². The standard InChI is InChI=1S/C24H29N3O5/c1-16(2)32-24(3,22(25)29)15-17-9-11-18(12-10-17)31-14-13-27-21(28)19-7-5-6-8-20(19)26(4)23(27)30/h5-12,16H,13-15H2,1-4H3,(H2,25,29). The van der Waals surface area contributed by atoms with Crippen LogP contribution in [-0.4, -0.2) is 33.4 Å². The molecule has 0 saturated carbocycles. The van der Waals surface area contributed by atoms with E-state index in [-0.39, 0.29) is 30.5 Å². The molecule has 170 valence electrons. The van der Waals surface area contributed by atoms with Gasteiger partial charge in [-0.25, -0.2) is 4.79 Å². The van der Waals surface area contributed by atoms with Gasteiger partial charge in [0.15, 0.2) is 0 Å². The van der Waals surface area contributed by atoms with E-state index in [9.17, 15) is 14.4 Å². The lowest BCUT2D eigenvalue weighted by molar-refractivity contribution is -0.146. The summed E-state index contributed by atoms with van der Waals surface area (Å²) in [5.74, 6) is 0.0684. The Hall–Kier alpha value is -3.39. The third kappa shape index (κ3) is 4.91. The van der Waals surface area contributed by atoms with Crippen LogP contribution in [0.5, 0.6) is 5.75 Å². The number of rotatable bonds is 9. The van der Waals surface area contributed by atoms with Gasteiger partial charge < -0.3 is 15.2 Å². The lowest BCUT2D eigenvalue weighted by Gasteiger charge is -2.29. The zero-order valence-electron chi connectivity index (χ0n) is 18.8. The summed E-state index contributed by atoms with van der Waals surface area (Å²) in [5.41, 5.74) is 5.19. The number of amides is 1. The Kier molecular flexibility index (Phi) is 6.84. The summed E-state index contributed by atoms with van der Waals surface area (Å²) < 4.78 is 14.1. The van der Waals surface area contributed by atoms with Crippen molar-refractivity contribution in [2.24, 2.45) is 12.8 Å². The highest BCUT2D eigenvalue weighted by atomic mass is 16.5. The molecule has 8 nitrogen and oxygen atoms in total. The predicted molar refractivity (Wildman–Crippen MR) is 123 cm³/mol. The molecule has 1 heterocycles. The molecule has 1 atom stereocenters. The molecule has 32 heavy (non-hydrogen) atoms. The van der Waals surface area contributed by atoms with Crippen LogP contribution in [0, 0.1) is 0 Å². The first kappa shape index (κ1) is 23.3. The number of fused-ring (bicyclic) bond motifs is 1. The van der Waals surface area contributed by atoms with E-state index in [4.69, 9.17) is 15.2 Å². The van der Waals surface area contributed by atoms with Gasteiger partial charge in [-0.2, -0.15) is 0 Å². The average Bonchev–Trinajstić information content (AvgIpc) is 2.75. The number of para-hydroxylation sites is 1. The molecule has 0 radical (unpaired) electrons. The maximum absolute atomic E-state index is 12.7. The largest absolute Gasteiger partial charge is 0.492 e. The Morgan fingerprint density at radius 2 is 1.75 bits per heavy atom. The topological polar surface area (TPSA) is 106 Å². The summed E-state index contributed by atoms with van der Waals surface area (Å²) in [5, 5.41) is 0.486. The van der Waals surface area contributed by atoms with Crippen molar-refractivity contribution in [3.63, 3.8) is 0 Å². The third-order valence-corrected chi connectivity index (χ3v) is 5.32. The number of hydrogen-bond acceptors (Lipinski definition) is 5. The average molecular weight is 440 g/mol. The van der Waals surface area contributed by atoms with E-state index in [0.29, 0.717) is 23.1 Å². The number of aryl methyl sites for hydroxylation is 1. The van der Waals surface area contributed by atoms with Gasteiger partial charge in [-0.15, -0.1) is 0 Å². The Balaban J connectivity index is 1.69. The quantitative estimate of drug-likeness (QED) is 0.549. The zero-order valence-corrected chi connectivity index (χ0v) is 18.8. The summed E-state index contributed by atoms with van der Waals surface area (Å²) in [6.07, 6.45) is 0.199. The normalized spacial score (nSPS) is 13.3. The molecule has 2 aromatic carbocycles. The second-order valence-corrected chi connectivity index (χ2v) is 8.25. The molecule has 3 rings (SSSR count). The van der Waals surface area contributed by atoms with Crippen molar-refractivity contribution in [3.05, 3.63) is 74.9 Å². The smallest absolute Gasteiger partial charge is 0.331 e. The molecule has 3 aromatic rings. The maximum atomic E-state index is 12.7. The van der Waals surface area contributed by atoms with Gasteiger partial charge in [-0.3, -0.25) is 18.7 Å². The van der Waals surface area contributed by atoms with Crippen LogP contribution in [0.3, 0.4) is 0 Å². The lowest BCUT2D eigenvalue weighted by Crippen LogP contribution is -2.47. The minimum atomic E-state index is -1.10. The molecule has 0 spiro atoms. The highest BCUT2D eigenvalue weighted by Crippen LogP contribution is 2.21. The number of aromatic nitrogens is 2. The van der Waals surface area contributed by atoms with Crippen LogP contribution in [0.25, 0.3) is 10.9 Å². The zero-order chi connectivity index (χ0) is 23.5. The number of carbonyl (C=O) groups excluding carboxylic acids is 1. The Labute approximate surface area is 186 Å². The van der Waals surface area contributed by atoms with Gasteiger partial charge in [0.2, 0.25) is 5.91 Å². The highest BCUT2D eigenvalue weighted by molar-refractivity contribution is 5.83. The second-order valence-electron chi connectivity index (χ2n) is 8.25. The van der Waals surface area contributed by atoms with Crippen LogP contribution >= 0.6 is 0 Å². The van der Waals surface area contributed by atoms with E-state index < -0.39 is 11.5 Å². The summed E-state index contributed by atoms with van der Waals surface area (Å²) in [6.45, 7) is 5.67. The molecule has 2 N–H and O–H groups in total. The minimum Gasteiger partial charge on any atom is -0.492 e. The molecular weight excluding hydrogens is 410 g/mol. The van der Waals surface area contributed by atoms with Gasteiger partial charge in [0.1, 0.15) is 18.0 Å². The van der Waals surface area contributed by atoms with Gasteiger partial charge in [0.05, 0.1) is 23.6 Å². The molecule has 0 aliphatic rings. The highest BCUT2D eigenvalue weighted by Gasteiger charge is 2.33. The van der Waals surface area contributed by atoms with E-state index in [1.165, 1.54) is 9.13 Å². The molecule has 0 aliphatic carbocycles. The number of nitrogens with zero attached hydrogens (tertiary/aromatic N) is 2. The number of nitrogens with two attached hydrogens (primary N) is 1. The summed E-state index contributed by atoms with van der Waals surface area (Å²) in [4.78, 5) is 37.2. The van der Waals surface area contributed by atoms with Crippen molar-refractivity contribution in [3.8, 4) is 5.75 Å². The SMILES string of the molecule is CC(C)OC(C)(Cc1ccc(OCCn2c(=O)c3ccccc3n(C)c2=O)cc1)C(N)=O. The Morgan fingerprint density at radius 1 is 1.09 bits per heavy atom. The molecular formula is C24H29N3O5. The molecule has 8 heteroatoms. The fourth-order valence-corrected chi connectivity index (χ4v) is 3.72. The van der Waals surface area contributed by atoms with Crippen molar-refractivity contribution in [2.45, 2.75) is 45.4 Å². The summed E-state index contributed by atoms with van der Waals surface area (Å²) in [6, 6.07) is 14.2. The van der Waals surface area contributed by atoms with Crippen molar-refractivity contribution < 1.29 is 14.3 Å². The van der Waals surface area contributed by atoms with Crippen LogP contribution < -0.4 is 21.7 Å². The first-order valence-electron chi connectivity index (χ1n) is 10.5. The van der Waals surface area contributed by atoms with Gasteiger partial charge in [0.25, 0.3) is 5.56 Å². The van der Waals surface area contributed by atoms with Gasteiger partial charge in [-0.1, -0.05) is 24.3 Å². The van der Waals surface area contributed by atoms with Crippen molar-refractivity contribution in [1.29, 1.82) is 0 Å². The molecule has 0 fully saturated rings. The number of benzene rings is 2. The number of carbonyl (C=O) groups is 1. The van der Waals surface area contributed by atoms with E-state index in [2.05, 4.69) is 0 Å². The van der Waals surface area contributed by atoms with E-state index in [0.717, 1.165) is 5.56 Å². The van der Waals surface area contributed by atoms with Crippen molar-refractivity contribution in [1.82, 2.24) is 9.13 Å². The first-order valence-corrected chi connectivity index (χ1v) is 10.5. The number of ether oxygens (including phenoxy) is 2. The van der Waals surface area contributed by atoms with Crippen LogP contribution in [0.15, 0.2) is 58.1 Å². The molecule has 1 unspecified atom stereocenters. The summed E-state index contributed by atoms with van der Waals surface area (Å²) in [7, 11) is 1.64. The predicted octanol–water partition coefficient (Wildman–Crippen LogP) is 1.99. The maximum Gasteiger partial charge on any atom is 0.331 e. The lowest BCUT2D eigenvalue weighted by atomic mass is 9.95. The van der Waals surface area contributed by atoms with Crippen molar-refractivity contribution >= 4 is 16.8 Å². The van der Waals surface area contributed by atoms with Crippen LogP contribution in [0.4, 0.5) is 0 Å². The van der Waals surface area contributed by atoms with E-state index >= 15 is 0 Å².